The number of hydrogen-bond acceptors (Lipinski definition) is 3. The van der Waals surface area contributed by atoms with Crippen molar-refractivity contribution in [2.24, 2.45) is 0 Å². The number of rotatable bonds is 5. The van der Waals surface area contributed by atoms with Gasteiger partial charge in [-0.2, -0.15) is 0 Å². The number of anilines is 1. The SMILES string of the molecule is CC[C@H](Oc1ccc(F)cc1)C(=O)N1CCN(c2ccc(F)cc2)CC1. The van der Waals surface area contributed by atoms with Gasteiger partial charge in [0.1, 0.15) is 17.4 Å². The van der Waals surface area contributed by atoms with Gasteiger partial charge < -0.3 is 14.5 Å². The third-order valence-electron chi connectivity index (χ3n) is 4.52. The number of halogens is 2. The van der Waals surface area contributed by atoms with Gasteiger partial charge in [0, 0.05) is 31.9 Å². The van der Waals surface area contributed by atoms with Crippen molar-refractivity contribution in [1.82, 2.24) is 4.90 Å². The Labute approximate surface area is 152 Å². The van der Waals surface area contributed by atoms with Gasteiger partial charge in [0.15, 0.2) is 6.10 Å². The Morgan fingerprint density at radius 3 is 2.04 bits per heavy atom. The standard InChI is InChI=1S/C20H22F2N2O2/c1-2-19(26-18-9-5-16(22)6-10-18)20(25)24-13-11-23(12-14-24)17-7-3-15(21)4-8-17/h3-10,19H,2,11-14H2,1H3/t19-/m0/s1. The van der Waals surface area contributed by atoms with Crippen LogP contribution in [-0.2, 0) is 4.79 Å². The Hall–Kier alpha value is -2.63. The molecule has 0 N–H and O–H groups in total. The first-order chi connectivity index (χ1) is 12.6. The van der Waals surface area contributed by atoms with Crippen molar-refractivity contribution in [3.63, 3.8) is 0 Å². The lowest BCUT2D eigenvalue weighted by Gasteiger charge is -2.37. The van der Waals surface area contributed by atoms with Crippen molar-refractivity contribution in [3.05, 3.63) is 60.2 Å². The van der Waals surface area contributed by atoms with E-state index in [9.17, 15) is 13.6 Å². The van der Waals surface area contributed by atoms with Crippen LogP contribution in [0.25, 0.3) is 0 Å². The molecule has 0 aliphatic carbocycles. The maximum absolute atomic E-state index is 13.0. The van der Waals surface area contributed by atoms with Gasteiger partial charge in [-0.3, -0.25) is 4.79 Å². The van der Waals surface area contributed by atoms with Crippen LogP contribution in [0, 0.1) is 11.6 Å². The van der Waals surface area contributed by atoms with Crippen molar-refractivity contribution < 1.29 is 18.3 Å². The van der Waals surface area contributed by atoms with Gasteiger partial charge in [-0.05, 0) is 55.0 Å². The summed E-state index contributed by atoms with van der Waals surface area (Å²) in [6, 6.07) is 12.1. The van der Waals surface area contributed by atoms with E-state index in [1.54, 1.807) is 17.0 Å². The Bertz CT molecular complexity index is 726. The minimum Gasteiger partial charge on any atom is -0.481 e. The highest BCUT2D eigenvalue weighted by atomic mass is 19.1. The van der Waals surface area contributed by atoms with Crippen LogP contribution in [-0.4, -0.2) is 43.1 Å². The fourth-order valence-electron chi connectivity index (χ4n) is 3.03. The number of ether oxygens (including phenoxy) is 1. The van der Waals surface area contributed by atoms with Crippen LogP contribution >= 0.6 is 0 Å². The minimum atomic E-state index is -0.585. The van der Waals surface area contributed by atoms with Gasteiger partial charge >= 0.3 is 0 Å². The highest BCUT2D eigenvalue weighted by Gasteiger charge is 2.28. The van der Waals surface area contributed by atoms with E-state index in [1.807, 2.05) is 6.92 Å². The van der Waals surface area contributed by atoms with Crippen LogP contribution in [0.15, 0.2) is 48.5 Å². The molecular formula is C20H22F2N2O2. The quantitative estimate of drug-likeness (QED) is 0.819. The van der Waals surface area contributed by atoms with Gasteiger partial charge in [-0.15, -0.1) is 0 Å². The Kier molecular flexibility index (Phi) is 5.71. The summed E-state index contributed by atoms with van der Waals surface area (Å²) in [5, 5.41) is 0. The molecule has 2 aromatic carbocycles. The molecule has 0 unspecified atom stereocenters. The van der Waals surface area contributed by atoms with E-state index in [1.165, 1.54) is 36.4 Å². The summed E-state index contributed by atoms with van der Waals surface area (Å²) in [5.41, 5.74) is 0.952. The second-order valence-electron chi connectivity index (χ2n) is 6.26. The summed E-state index contributed by atoms with van der Waals surface area (Å²) in [4.78, 5) is 16.7. The average molecular weight is 360 g/mol. The van der Waals surface area contributed by atoms with E-state index >= 15 is 0 Å². The maximum Gasteiger partial charge on any atom is 0.263 e. The third kappa shape index (κ3) is 4.31. The summed E-state index contributed by atoms with van der Waals surface area (Å²) in [6.45, 7) is 4.43. The van der Waals surface area contributed by atoms with E-state index in [4.69, 9.17) is 4.74 Å². The molecule has 0 radical (unpaired) electrons. The summed E-state index contributed by atoms with van der Waals surface area (Å²) < 4.78 is 31.8. The molecule has 0 bridgehead atoms. The maximum atomic E-state index is 13.0. The molecule has 1 heterocycles. The molecule has 138 valence electrons. The predicted octanol–water partition coefficient (Wildman–Crippen LogP) is 3.47. The largest absolute Gasteiger partial charge is 0.481 e. The van der Waals surface area contributed by atoms with Gasteiger partial charge in [-0.1, -0.05) is 6.92 Å². The van der Waals surface area contributed by atoms with Crippen LogP contribution in [0.5, 0.6) is 5.75 Å². The number of nitrogens with zero attached hydrogens (tertiary/aromatic N) is 2. The normalized spacial score (nSPS) is 15.7. The van der Waals surface area contributed by atoms with E-state index < -0.39 is 6.10 Å². The van der Waals surface area contributed by atoms with E-state index in [2.05, 4.69) is 4.90 Å². The lowest BCUT2D eigenvalue weighted by Crippen LogP contribution is -2.52. The molecule has 1 aliphatic rings. The second-order valence-corrected chi connectivity index (χ2v) is 6.26. The van der Waals surface area contributed by atoms with Gasteiger partial charge in [0.25, 0.3) is 5.91 Å². The van der Waals surface area contributed by atoms with Gasteiger partial charge in [0.05, 0.1) is 0 Å². The molecule has 6 heteroatoms. The summed E-state index contributed by atoms with van der Waals surface area (Å²) in [5.74, 6) is -0.174. The average Bonchev–Trinajstić information content (AvgIpc) is 2.68. The highest BCUT2D eigenvalue weighted by molar-refractivity contribution is 5.81. The lowest BCUT2D eigenvalue weighted by molar-refractivity contribution is -0.139. The topological polar surface area (TPSA) is 32.8 Å². The fourth-order valence-corrected chi connectivity index (χ4v) is 3.03. The zero-order valence-electron chi connectivity index (χ0n) is 14.7. The van der Waals surface area contributed by atoms with Crippen LogP contribution in [0.2, 0.25) is 0 Å². The van der Waals surface area contributed by atoms with Crippen LogP contribution in [0.1, 0.15) is 13.3 Å². The molecule has 1 saturated heterocycles. The van der Waals surface area contributed by atoms with E-state index in [-0.39, 0.29) is 17.5 Å². The van der Waals surface area contributed by atoms with Crippen molar-refractivity contribution >= 4 is 11.6 Å². The molecule has 1 aliphatic heterocycles. The lowest BCUT2D eigenvalue weighted by atomic mass is 10.2. The van der Waals surface area contributed by atoms with Crippen molar-refractivity contribution in [1.29, 1.82) is 0 Å². The first-order valence-corrected chi connectivity index (χ1v) is 8.78. The molecule has 1 atom stereocenters. The molecule has 4 nitrogen and oxygen atoms in total. The predicted molar refractivity (Wildman–Crippen MR) is 96.3 cm³/mol. The van der Waals surface area contributed by atoms with Gasteiger partial charge in [-0.25, -0.2) is 8.78 Å². The highest BCUT2D eigenvalue weighted by Crippen LogP contribution is 2.19. The molecule has 0 aromatic heterocycles. The monoisotopic (exact) mass is 360 g/mol. The van der Waals surface area contributed by atoms with Crippen LogP contribution in [0.4, 0.5) is 14.5 Å². The molecule has 1 fully saturated rings. The molecule has 26 heavy (non-hydrogen) atoms. The van der Waals surface area contributed by atoms with Crippen molar-refractivity contribution in [2.75, 3.05) is 31.1 Å². The second kappa shape index (κ2) is 8.17. The van der Waals surface area contributed by atoms with Crippen LogP contribution < -0.4 is 9.64 Å². The Morgan fingerprint density at radius 2 is 1.50 bits per heavy atom. The molecule has 3 rings (SSSR count). The smallest absolute Gasteiger partial charge is 0.263 e. The van der Waals surface area contributed by atoms with Crippen molar-refractivity contribution in [2.45, 2.75) is 19.4 Å². The first-order valence-electron chi connectivity index (χ1n) is 8.78. The number of benzene rings is 2. The zero-order chi connectivity index (χ0) is 18.5. The fraction of sp³-hybridized carbons (Fsp3) is 0.350. The number of amides is 1. The molecule has 0 saturated carbocycles. The van der Waals surface area contributed by atoms with E-state index in [0.717, 1.165) is 5.69 Å². The van der Waals surface area contributed by atoms with Crippen molar-refractivity contribution in [3.8, 4) is 5.75 Å². The number of hydrogen-bond donors (Lipinski definition) is 0. The zero-order valence-corrected chi connectivity index (χ0v) is 14.7. The number of carbonyl (C=O) groups is 1. The number of piperazine rings is 1. The molecular weight excluding hydrogens is 338 g/mol. The number of carbonyl (C=O) groups excluding carboxylic acids is 1. The minimum absolute atomic E-state index is 0.0596. The Balaban J connectivity index is 1.57. The summed E-state index contributed by atoms with van der Waals surface area (Å²) in [6.07, 6.45) is -0.0492. The molecule has 0 spiro atoms. The van der Waals surface area contributed by atoms with E-state index in [0.29, 0.717) is 38.3 Å². The van der Waals surface area contributed by atoms with Crippen LogP contribution in [0.3, 0.4) is 0 Å². The summed E-state index contributed by atoms with van der Waals surface area (Å²) in [7, 11) is 0. The Morgan fingerprint density at radius 1 is 0.962 bits per heavy atom. The first kappa shape index (κ1) is 18.2. The molecule has 2 aromatic rings. The van der Waals surface area contributed by atoms with Gasteiger partial charge in [0.2, 0.25) is 0 Å². The molecule has 1 amide bonds. The third-order valence-corrected chi connectivity index (χ3v) is 4.52. The summed E-state index contributed by atoms with van der Waals surface area (Å²) >= 11 is 0.